The van der Waals surface area contributed by atoms with Gasteiger partial charge in [-0.2, -0.15) is 0 Å². The molecular weight excluding hydrogens is 256 g/mol. The lowest BCUT2D eigenvalue weighted by molar-refractivity contribution is -0.163. The first-order chi connectivity index (χ1) is 9.70. The maximum Gasteiger partial charge on any atom is 0.309 e. The smallest absolute Gasteiger partial charge is 0.309 e. The second kappa shape index (κ2) is 3.40. The number of carbonyl (C=O) groups is 2. The summed E-state index contributed by atoms with van der Waals surface area (Å²) < 4.78 is 10.0. The van der Waals surface area contributed by atoms with Gasteiger partial charge in [-0.1, -0.05) is 0 Å². The van der Waals surface area contributed by atoms with Crippen molar-refractivity contribution in [2.24, 2.45) is 59.2 Å². The predicted molar refractivity (Wildman–Crippen MR) is 68.2 cm³/mol. The maximum atomic E-state index is 12.3. The number of hydrogen-bond acceptors (Lipinski definition) is 4. The zero-order chi connectivity index (χ0) is 13.8. The lowest BCUT2D eigenvalue weighted by atomic mass is 9.63. The van der Waals surface area contributed by atoms with E-state index in [-0.39, 0.29) is 23.8 Å². The quantitative estimate of drug-likeness (QED) is 0.714. The van der Waals surface area contributed by atoms with Gasteiger partial charge in [0.1, 0.15) is 0 Å². The van der Waals surface area contributed by atoms with Gasteiger partial charge in [0.15, 0.2) is 0 Å². The molecule has 4 nitrogen and oxygen atoms in total. The summed E-state index contributed by atoms with van der Waals surface area (Å²) in [6.07, 6.45) is 2.71. The molecule has 6 aliphatic rings. The van der Waals surface area contributed by atoms with Gasteiger partial charge < -0.3 is 9.47 Å². The van der Waals surface area contributed by atoms with E-state index in [4.69, 9.17) is 9.47 Å². The number of methoxy groups -OCH3 is 2. The van der Waals surface area contributed by atoms with Crippen LogP contribution in [0.15, 0.2) is 0 Å². The van der Waals surface area contributed by atoms with E-state index in [1.54, 1.807) is 0 Å². The van der Waals surface area contributed by atoms with E-state index < -0.39 is 0 Å². The van der Waals surface area contributed by atoms with E-state index in [1.807, 2.05) is 0 Å². The largest absolute Gasteiger partial charge is 0.469 e. The highest BCUT2D eigenvalue weighted by atomic mass is 16.5. The molecule has 0 N–H and O–H groups in total. The molecule has 20 heavy (non-hydrogen) atoms. The van der Waals surface area contributed by atoms with Gasteiger partial charge in [0.2, 0.25) is 0 Å². The third kappa shape index (κ3) is 0.932. The van der Waals surface area contributed by atoms with Gasteiger partial charge >= 0.3 is 11.9 Å². The molecule has 8 atom stereocenters. The SMILES string of the molecule is COC(=O)C1C(C(=O)OC)C2C3C4CCC5C4C2C1C53. The minimum absolute atomic E-state index is 0.181. The van der Waals surface area contributed by atoms with Gasteiger partial charge in [0.25, 0.3) is 0 Å². The molecule has 4 heteroatoms. The first kappa shape index (κ1) is 11.6. The van der Waals surface area contributed by atoms with Crippen LogP contribution in [0.4, 0.5) is 0 Å². The van der Waals surface area contributed by atoms with E-state index in [0.717, 1.165) is 17.8 Å². The van der Waals surface area contributed by atoms with Crippen molar-refractivity contribution in [3.63, 3.8) is 0 Å². The van der Waals surface area contributed by atoms with Gasteiger partial charge in [-0.3, -0.25) is 9.59 Å². The fourth-order valence-corrected chi connectivity index (χ4v) is 7.81. The molecular formula is C16H20O4. The van der Waals surface area contributed by atoms with Crippen molar-refractivity contribution < 1.29 is 19.1 Å². The van der Waals surface area contributed by atoms with Crippen LogP contribution in [0.3, 0.4) is 0 Å². The molecule has 6 saturated carbocycles. The zero-order valence-corrected chi connectivity index (χ0v) is 11.8. The van der Waals surface area contributed by atoms with Crippen molar-refractivity contribution in [1.29, 1.82) is 0 Å². The van der Waals surface area contributed by atoms with Crippen LogP contribution in [0.1, 0.15) is 12.8 Å². The highest BCUT2D eigenvalue weighted by molar-refractivity contribution is 5.84. The van der Waals surface area contributed by atoms with Gasteiger partial charge in [0.05, 0.1) is 26.1 Å². The standard InChI is InChI=1S/C16H20O4/c1-19-15(17)13-11-8-5-3-4-6-7(5)10(11)12(9(6)8)14(13)16(18)20-2/h5-14H,3-4H2,1-2H3. The first-order valence-electron chi connectivity index (χ1n) is 7.86. The number of hydrogen-bond donors (Lipinski definition) is 0. The minimum atomic E-state index is -0.227. The van der Waals surface area contributed by atoms with Gasteiger partial charge in [-0.05, 0) is 60.2 Å². The Bertz CT molecular complexity index is 471. The molecule has 0 saturated heterocycles. The number of carbonyl (C=O) groups excluding carboxylic acids is 2. The lowest BCUT2D eigenvalue weighted by Crippen LogP contribution is -2.45. The Morgan fingerprint density at radius 2 is 1.15 bits per heavy atom. The second-order valence-corrected chi connectivity index (χ2v) is 7.47. The number of esters is 2. The van der Waals surface area contributed by atoms with Crippen LogP contribution in [-0.2, 0) is 19.1 Å². The highest BCUT2D eigenvalue weighted by Gasteiger charge is 2.83. The average molecular weight is 276 g/mol. The van der Waals surface area contributed by atoms with Crippen molar-refractivity contribution >= 4 is 11.9 Å². The van der Waals surface area contributed by atoms with Crippen LogP contribution in [0.5, 0.6) is 0 Å². The van der Waals surface area contributed by atoms with Crippen LogP contribution in [0, 0.1) is 59.2 Å². The molecule has 0 aliphatic heterocycles. The summed E-state index contributed by atoms with van der Waals surface area (Å²) in [5, 5.41) is 0. The van der Waals surface area contributed by atoms with Crippen molar-refractivity contribution in [3.05, 3.63) is 0 Å². The van der Waals surface area contributed by atoms with E-state index in [0.29, 0.717) is 29.6 Å². The molecule has 0 aromatic rings. The summed E-state index contributed by atoms with van der Waals surface area (Å²) in [5.41, 5.74) is 0. The summed E-state index contributed by atoms with van der Waals surface area (Å²) in [5.74, 6) is 4.53. The Labute approximate surface area is 118 Å². The fourth-order valence-electron chi connectivity index (χ4n) is 7.81. The molecule has 0 spiro atoms. The Morgan fingerprint density at radius 3 is 1.55 bits per heavy atom. The monoisotopic (exact) mass is 276 g/mol. The number of ether oxygens (including phenoxy) is 2. The molecule has 6 rings (SSSR count). The summed E-state index contributed by atoms with van der Waals surface area (Å²) >= 11 is 0. The van der Waals surface area contributed by atoms with Crippen LogP contribution in [0.2, 0.25) is 0 Å². The summed E-state index contributed by atoms with van der Waals surface area (Å²) in [4.78, 5) is 24.5. The second-order valence-electron chi connectivity index (χ2n) is 7.47. The average Bonchev–Trinajstić information content (AvgIpc) is 3.23. The zero-order valence-electron chi connectivity index (χ0n) is 11.8. The van der Waals surface area contributed by atoms with Crippen LogP contribution >= 0.6 is 0 Å². The Balaban J connectivity index is 1.59. The summed E-state index contributed by atoms with van der Waals surface area (Å²) in [6.45, 7) is 0. The van der Waals surface area contributed by atoms with Gasteiger partial charge in [-0.15, -0.1) is 0 Å². The topological polar surface area (TPSA) is 52.6 Å². The van der Waals surface area contributed by atoms with Crippen molar-refractivity contribution in [3.8, 4) is 0 Å². The molecule has 8 unspecified atom stereocenters. The van der Waals surface area contributed by atoms with Gasteiger partial charge in [0, 0.05) is 0 Å². The summed E-state index contributed by atoms with van der Waals surface area (Å²) in [7, 11) is 2.88. The third-order valence-corrected chi connectivity index (χ3v) is 7.64. The molecule has 108 valence electrons. The highest BCUT2D eigenvalue weighted by Crippen LogP contribution is 2.84. The maximum absolute atomic E-state index is 12.3. The van der Waals surface area contributed by atoms with Crippen molar-refractivity contribution in [1.82, 2.24) is 0 Å². The molecule has 0 heterocycles. The minimum Gasteiger partial charge on any atom is -0.469 e. The molecule has 0 amide bonds. The van der Waals surface area contributed by atoms with Gasteiger partial charge in [-0.25, -0.2) is 0 Å². The van der Waals surface area contributed by atoms with E-state index >= 15 is 0 Å². The Morgan fingerprint density at radius 1 is 0.700 bits per heavy atom. The van der Waals surface area contributed by atoms with Crippen LogP contribution in [-0.4, -0.2) is 26.2 Å². The van der Waals surface area contributed by atoms with E-state index in [9.17, 15) is 9.59 Å². The predicted octanol–water partition coefficient (Wildman–Crippen LogP) is 1.34. The van der Waals surface area contributed by atoms with E-state index in [2.05, 4.69) is 0 Å². The van der Waals surface area contributed by atoms with E-state index in [1.165, 1.54) is 27.1 Å². The molecule has 0 aromatic heterocycles. The summed E-state index contributed by atoms with van der Waals surface area (Å²) in [6, 6.07) is 0. The molecule has 0 aromatic carbocycles. The molecule has 0 radical (unpaired) electrons. The molecule has 6 fully saturated rings. The number of rotatable bonds is 2. The normalized spacial score (nSPS) is 59.5. The van der Waals surface area contributed by atoms with Crippen molar-refractivity contribution in [2.45, 2.75) is 12.8 Å². The Kier molecular flexibility index (Phi) is 1.97. The van der Waals surface area contributed by atoms with Crippen LogP contribution in [0.25, 0.3) is 0 Å². The van der Waals surface area contributed by atoms with Crippen molar-refractivity contribution in [2.75, 3.05) is 14.2 Å². The lowest BCUT2D eigenvalue weighted by Gasteiger charge is -2.40. The molecule has 8 bridgehead atoms. The first-order valence-corrected chi connectivity index (χ1v) is 7.86. The molecule has 6 aliphatic carbocycles. The fraction of sp³-hybridized carbons (Fsp3) is 0.875. The Hall–Kier alpha value is -1.06. The van der Waals surface area contributed by atoms with Crippen LogP contribution < -0.4 is 0 Å². The third-order valence-electron chi connectivity index (χ3n) is 7.64.